The number of hydrogen-bond donors (Lipinski definition) is 1. The van der Waals surface area contributed by atoms with Crippen LogP contribution >= 0.6 is 0 Å². The van der Waals surface area contributed by atoms with Crippen molar-refractivity contribution in [1.82, 2.24) is 5.32 Å². The molecule has 13 heavy (non-hydrogen) atoms. The standard InChI is InChI=1S/C11H25NO/c1-5-10(6-2)9-11(12-3)7-8-13-4/h10-12H,5-9H2,1-4H3. The zero-order chi connectivity index (χ0) is 10.1. The van der Waals surface area contributed by atoms with Gasteiger partial charge in [-0.1, -0.05) is 26.7 Å². The van der Waals surface area contributed by atoms with Gasteiger partial charge < -0.3 is 10.1 Å². The van der Waals surface area contributed by atoms with E-state index in [9.17, 15) is 0 Å². The fourth-order valence-corrected chi connectivity index (χ4v) is 1.66. The van der Waals surface area contributed by atoms with Crippen molar-refractivity contribution in [3.8, 4) is 0 Å². The van der Waals surface area contributed by atoms with Gasteiger partial charge in [0.15, 0.2) is 0 Å². The summed E-state index contributed by atoms with van der Waals surface area (Å²) in [5, 5.41) is 3.36. The van der Waals surface area contributed by atoms with Crippen molar-refractivity contribution < 1.29 is 4.74 Å². The fraction of sp³-hybridized carbons (Fsp3) is 1.00. The van der Waals surface area contributed by atoms with Crippen LogP contribution in [0.25, 0.3) is 0 Å². The summed E-state index contributed by atoms with van der Waals surface area (Å²) in [5.74, 6) is 0.870. The zero-order valence-corrected chi connectivity index (χ0v) is 9.60. The van der Waals surface area contributed by atoms with Gasteiger partial charge in [-0.05, 0) is 25.8 Å². The lowest BCUT2D eigenvalue weighted by Gasteiger charge is -2.21. The van der Waals surface area contributed by atoms with Crippen LogP contribution in [0.3, 0.4) is 0 Å². The van der Waals surface area contributed by atoms with Crippen LogP contribution in [0.15, 0.2) is 0 Å². The minimum atomic E-state index is 0.629. The summed E-state index contributed by atoms with van der Waals surface area (Å²) >= 11 is 0. The third-order valence-corrected chi connectivity index (χ3v) is 2.85. The molecule has 0 spiro atoms. The third-order valence-electron chi connectivity index (χ3n) is 2.85. The summed E-state index contributed by atoms with van der Waals surface area (Å²) in [6.45, 7) is 5.42. The molecular formula is C11H25NO. The van der Waals surface area contributed by atoms with Gasteiger partial charge in [-0.25, -0.2) is 0 Å². The van der Waals surface area contributed by atoms with E-state index in [0.717, 1.165) is 18.9 Å². The lowest BCUT2D eigenvalue weighted by molar-refractivity contribution is 0.178. The van der Waals surface area contributed by atoms with Gasteiger partial charge in [0.25, 0.3) is 0 Å². The van der Waals surface area contributed by atoms with Crippen LogP contribution in [0.4, 0.5) is 0 Å². The Labute approximate surface area is 83.1 Å². The SMILES string of the molecule is CCC(CC)CC(CCOC)NC. The molecule has 80 valence electrons. The first-order chi connectivity index (χ1) is 6.28. The molecule has 0 saturated heterocycles. The summed E-state index contributed by atoms with van der Waals surface area (Å²) in [7, 11) is 3.81. The van der Waals surface area contributed by atoms with E-state index in [1.807, 2.05) is 7.05 Å². The fourth-order valence-electron chi connectivity index (χ4n) is 1.66. The maximum absolute atomic E-state index is 5.08. The van der Waals surface area contributed by atoms with Crippen molar-refractivity contribution in [2.24, 2.45) is 5.92 Å². The van der Waals surface area contributed by atoms with Crippen LogP contribution in [-0.4, -0.2) is 26.8 Å². The van der Waals surface area contributed by atoms with Crippen molar-refractivity contribution in [3.63, 3.8) is 0 Å². The van der Waals surface area contributed by atoms with E-state index in [1.165, 1.54) is 19.3 Å². The number of methoxy groups -OCH3 is 1. The van der Waals surface area contributed by atoms with Gasteiger partial charge in [0.1, 0.15) is 0 Å². The highest BCUT2D eigenvalue weighted by atomic mass is 16.5. The van der Waals surface area contributed by atoms with Crippen LogP contribution < -0.4 is 5.32 Å². The average molecular weight is 187 g/mol. The minimum Gasteiger partial charge on any atom is -0.385 e. The van der Waals surface area contributed by atoms with Gasteiger partial charge in [-0.2, -0.15) is 0 Å². The maximum atomic E-state index is 5.08. The number of nitrogens with one attached hydrogen (secondary N) is 1. The Morgan fingerprint density at radius 2 is 1.85 bits per heavy atom. The molecule has 0 heterocycles. The maximum Gasteiger partial charge on any atom is 0.0477 e. The van der Waals surface area contributed by atoms with Gasteiger partial charge in [-0.15, -0.1) is 0 Å². The molecule has 0 saturated carbocycles. The molecule has 0 aromatic carbocycles. The van der Waals surface area contributed by atoms with E-state index in [2.05, 4.69) is 19.2 Å². The highest BCUT2D eigenvalue weighted by Gasteiger charge is 2.11. The molecule has 1 unspecified atom stereocenters. The summed E-state index contributed by atoms with van der Waals surface area (Å²) in [6.07, 6.45) is 5.00. The Morgan fingerprint density at radius 3 is 2.23 bits per heavy atom. The normalized spacial score (nSPS) is 13.6. The highest BCUT2D eigenvalue weighted by molar-refractivity contribution is 4.69. The van der Waals surface area contributed by atoms with Gasteiger partial charge in [0.2, 0.25) is 0 Å². The first-order valence-corrected chi connectivity index (χ1v) is 5.44. The number of ether oxygens (including phenoxy) is 1. The quantitative estimate of drug-likeness (QED) is 0.630. The van der Waals surface area contributed by atoms with Crippen LogP contribution in [0, 0.1) is 5.92 Å². The Hall–Kier alpha value is -0.0800. The zero-order valence-electron chi connectivity index (χ0n) is 9.60. The molecule has 0 bridgehead atoms. The molecule has 0 aliphatic heterocycles. The molecule has 0 aliphatic rings. The first kappa shape index (κ1) is 12.9. The van der Waals surface area contributed by atoms with Gasteiger partial charge in [0.05, 0.1) is 0 Å². The third kappa shape index (κ3) is 6.05. The predicted octanol–water partition coefficient (Wildman–Crippen LogP) is 2.44. The van der Waals surface area contributed by atoms with Crippen LogP contribution in [0.5, 0.6) is 0 Å². The molecule has 1 atom stereocenters. The molecule has 0 aromatic heterocycles. The monoisotopic (exact) mass is 187 g/mol. The highest BCUT2D eigenvalue weighted by Crippen LogP contribution is 2.16. The van der Waals surface area contributed by atoms with E-state index in [4.69, 9.17) is 4.74 Å². The van der Waals surface area contributed by atoms with E-state index < -0.39 is 0 Å². The minimum absolute atomic E-state index is 0.629. The molecule has 2 heteroatoms. The van der Waals surface area contributed by atoms with Crippen LogP contribution in [0.1, 0.15) is 39.5 Å². The largest absolute Gasteiger partial charge is 0.385 e. The molecule has 0 radical (unpaired) electrons. The van der Waals surface area contributed by atoms with Crippen molar-refractivity contribution in [3.05, 3.63) is 0 Å². The van der Waals surface area contributed by atoms with E-state index in [-0.39, 0.29) is 0 Å². The number of rotatable bonds is 8. The van der Waals surface area contributed by atoms with E-state index in [0.29, 0.717) is 6.04 Å². The van der Waals surface area contributed by atoms with Crippen molar-refractivity contribution in [2.45, 2.75) is 45.6 Å². The second-order valence-electron chi connectivity index (χ2n) is 3.69. The summed E-state index contributed by atoms with van der Waals surface area (Å²) in [6, 6.07) is 0.629. The Kier molecular flexibility index (Phi) is 8.46. The Morgan fingerprint density at radius 1 is 1.23 bits per heavy atom. The average Bonchev–Trinajstić information content (AvgIpc) is 2.19. The smallest absolute Gasteiger partial charge is 0.0477 e. The van der Waals surface area contributed by atoms with E-state index >= 15 is 0 Å². The summed E-state index contributed by atoms with van der Waals surface area (Å²) in [4.78, 5) is 0. The molecular weight excluding hydrogens is 162 g/mol. The molecule has 0 aromatic rings. The number of hydrogen-bond acceptors (Lipinski definition) is 2. The molecule has 1 N–H and O–H groups in total. The lowest BCUT2D eigenvalue weighted by atomic mass is 9.93. The Bertz CT molecular complexity index is 102. The lowest BCUT2D eigenvalue weighted by Crippen LogP contribution is -2.29. The van der Waals surface area contributed by atoms with Crippen molar-refractivity contribution >= 4 is 0 Å². The molecule has 0 rings (SSSR count). The van der Waals surface area contributed by atoms with E-state index in [1.54, 1.807) is 7.11 Å². The summed E-state index contributed by atoms with van der Waals surface area (Å²) < 4.78 is 5.08. The van der Waals surface area contributed by atoms with Crippen molar-refractivity contribution in [2.75, 3.05) is 20.8 Å². The molecule has 0 amide bonds. The Balaban J connectivity index is 3.67. The van der Waals surface area contributed by atoms with Crippen molar-refractivity contribution in [1.29, 1.82) is 0 Å². The topological polar surface area (TPSA) is 21.3 Å². The van der Waals surface area contributed by atoms with Gasteiger partial charge in [0, 0.05) is 19.8 Å². The summed E-state index contributed by atoms with van der Waals surface area (Å²) in [5.41, 5.74) is 0. The van der Waals surface area contributed by atoms with Crippen LogP contribution in [-0.2, 0) is 4.74 Å². The molecule has 0 aliphatic carbocycles. The second-order valence-corrected chi connectivity index (χ2v) is 3.69. The molecule has 2 nitrogen and oxygen atoms in total. The second kappa shape index (κ2) is 8.52. The van der Waals surface area contributed by atoms with Crippen LogP contribution in [0.2, 0.25) is 0 Å². The molecule has 0 fully saturated rings. The van der Waals surface area contributed by atoms with Gasteiger partial charge in [-0.3, -0.25) is 0 Å². The predicted molar refractivity (Wildman–Crippen MR) is 58.0 cm³/mol. The van der Waals surface area contributed by atoms with Gasteiger partial charge >= 0.3 is 0 Å². The first-order valence-electron chi connectivity index (χ1n) is 5.44.